The Morgan fingerprint density at radius 3 is 2.80 bits per heavy atom. The summed E-state index contributed by atoms with van der Waals surface area (Å²) in [6.07, 6.45) is 3.57. The second-order valence-corrected chi connectivity index (χ2v) is 6.05. The van der Waals surface area contributed by atoms with E-state index in [2.05, 4.69) is 25.5 Å². The molecule has 0 aliphatic heterocycles. The minimum Gasteiger partial charge on any atom is -0.486 e. The molecule has 130 valence electrons. The Bertz CT molecular complexity index is 898. The highest BCUT2D eigenvalue weighted by Crippen LogP contribution is 2.17. The van der Waals surface area contributed by atoms with Crippen LogP contribution in [0.15, 0.2) is 46.6 Å². The predicted octanol–water partition coefficient (Wildman–Crippen LogP) is 1.14. The smallest absolute Gasteiger partial charge is 0.341 e. The van der Waals surface area contributed by atoms with E-state index in [1.54, 1.807) is 30.5 Å². The molecule has 0 radical (unpaired) electrons. The molecule has 0 saturated heterocycles. The quantitative estimate of drug-likeness (QED) is 0.544. The molecule has 0 aliphatic carbocycles. The van der Waals surface area contributed by atoms with Gasteiger partial charge in [0.15, 0.2) is 5.16 Å². The van der Waals surface area contributed by atoms with E-state index < -0.39 is 5.69 Å². The summed E-state index contributed by atoms with van der Waals surface area (Å²) in [5, 5.41) is 9.10. The molecule has 0 saturated carbocycles. The van der Waals surface area contributed by atoms with Crippen molar-refractivity contribution in [3.63, 3.8) is 0 Å². The molecule has 3 aromatic rings. The number of carbonyl (C=O) groups is 1. The zero-order valence-electron chi connectivity index (χ0n) is 13.4. The van der Waals surface area contributed by atoms with E-state index in [1.807, 2.05) is 17.8 Å². The number of hydrogen-bond acceptors (Lipinski definition) is 6. The van der Waals surface area contributed by atoms with Crippen LogP contribution in [0, 0.1) is 0 Å². The average molecular weight is 360 g/mol. The van der Waals surface area contributed by atoms with Gasteiger partial charge >= 0.3 is 5.69 Å². The zero-order chi connectivity index (χ0) is 17.6. The minimum absolute atomic E-state index is 0.137. The van der Waals surface area contributed by atoms with Crippen LogP contribution < -0.4 is 15.7 Å². The Labute approximate surface area is 146 Å². The summed E-state index contributed by atoms with van der Waals surface area (Å²) in [5.41, 5.74) is 0.259. The summed E-state index contributed by atoms with van der Waals surface area (Å²) in [5.74, 6) is 1.45. The molecule has 0 fully saturated rings. The Kier molecular flexibility index (Phi) is 5.19. The van der Waals surface area contributed by atoms with Gasteiger partial charge in [-0.25, -0.2) is 14.9 Å². The molecule has 1 aromatic carbocycles. The van der Waals surface area contributed by atoms with Gasteiger partial charge < -0.3 is 14.6 Å². The number of thioether (sulfide) groups is 1. The molecule has 9 nitrogen and oxygen atoms in total. The molecule has 3 rings (SSSR count). The summed E-state index contributed by atoms with van der Waals surface area (Å²) in [6, 6.07) is 7.06. The van der Waals surface area contributed by atoms with E-state index in [4.69, 9.17) is 4.74 Å². The Morgan fingerprint density at radius 2 is 2.16 bits per heavy atom. The van der Waals surface area contributed by atoms with Crippen molar-refractivity contribution in [1.29, 1.82) is 0 Å². The third-order valence-corrected chi connectivity index (χ3v) is 4.12. The zero-order valence-corrected chi connectivity index (χ0v) is 14.2. The Hall–Kier alpha value is -3.01. The number of benzene rings is 1. The summed E-state index contributed by atoms with van der Waals surface area (Å²) >= 11 is 1.14. The molecule has 0 aliphatic rings. The number of aromatic amines is 2. The molecule has 25 heavy (non-hydrogen) atoms. The first-order valence-electron chi connectivity index (χ1n) is 7.36. The Balaban J connectivity index is 1.47. The van der Waals surface area contributed by atoms with Gasteiger partial charge in [-0.3, -0.25) is 9.78 Å². The number of ether oxygens (including phenoxy) is 1. The normalized spacial score (nSPS) is 10.6. The maximum atomic E-state index is 11.9. The standard InChI is InChI=1S/C15H16N6O3S/c1-21-7-6-16-12(21)8-24-11-4-2-10(3-5-11)17-13(22)9-25-15-18-14(23)19-20-15/h2-7H,8-9H2,1H3,(H,17,22)(H2,18,19,20,23). The SMILES string of the molecule is Cn1ccnc1COc1ccc(NC(=O)CSc2n[nH]c(=O)[nH]2)cc1. The maximum Gasteiger partial charge on any atom is 0.341 e. The lowest BCUT2D eigenvalue weighted by Crippen LogP contribution is -2.14. The van der Waals surface area contributed by atoms with E-state index in [1.165, 1.54) is 0 Å². The number of amides is 1. The van der Waals surface area contributed by atoms with Crippen LogP contribution in [0.25, 0.3) is 0 Å². The first kappa shape index (κ1) is 16.8. The van der Waals surface area contributed by atoms with Crippen LogP contribution in [0.1, 0.15) is 5.82 Å². The van der Waals surface area contributed by atoms with Gasteiger partial charge in [0.1, 0.15) is 18.2 Å². The van der Waals surface area contributed by atoms with Crippen LogP contribution in [0.4, 0.5) is 5.69 Å². The highest BCUT2D eigenvalue weighted by Gasteiger charge is 2.07. The number of nitrogens with zero attached hydrogens (tertiary/aromatic N) is 3. The van der Waals surface area contributed by atoms with Crippen molar-refractivity contribution >= 4 is 23.4 Å². The van der Waals surface area contributed by atoms with Gasteiger partial charge in [0.2, 0.25) is 5.91 Å². The second-order valence-electron chi connectivity index (χ2n) is 5.09. The fraction of sp³-hybridized carbons (Fsp3) is 0.200. The predicted molar refractivity (Wildman–Crippen MR) is 92.5 cm³/mol. The van der Waals surface area contributed by atoms with Crippen LogP contribution in [0.2, 0.25) is 0 Å². The van der Waals surface area contributed by atoms with Crippen molar-refractivity contribution in [2.24, 2.45) is 7.05 Å². The highest BCUT2D eigenvalue weighted by molar-refractivity contribution is 7.99. The van der Waals surface area contributed by atoms with Crippen molar-refractivity contribution in [1.82, 2.24) is 24.7 Å². The topological polar surface area (TPSA) is 118 Å². The molecule has 2 heterocycles. The number of H-pyrrole nitrogens is 2. The monoisotopic (exact) mass is 360 g/mol. The van der Waals surface area contributed by atoms with Crippen molar-refractivity contribution < 1.29 is 9.53 Å². The van der Waals surface area contributed by atoms with Crippen LogP contribution in [-0.4, -0.2) is 36.4 Å². The Morgan fingerprint density at radius 1 is 1.36 bits per heavy atom. The number of rotatable bonds is 7. The first-order valence-corrected chi connectivity index (χ1v) is 8.35. The number of carbonyl (C=O) groups excluding carboxylic acids is 1. The molecule has 0 unspecified atom stereocenters. The lowest BCUT2D eigenvalue weighted by molar-refractivity contribution is -0.113. The van der Waals surface area contributed by atoms with E-state index >= 15 is 0 Å². The van der Waals surface area contributed by atoms with Gasteiger partial charge in [-0.1, -0.05) is 11.8 Å². The largest absolute Gasteiger partial charge is 0.486 e. The van der Waals surface area contributed by atoms with Crippen molar-refractivity contribution in [3.8, 4) is 5.75 Å². The number of nitrogens with one attached hydrogen (secondary N) is 3. The third-order valence-electron chi connectivity index (χ3n) is 3.25. The fourth-order valence-electron chi connectivity index (χ4n) is 1.97. The van der Waals surface area contributed by atoms with Gasteiger partial charge in [-0.15, -0.1) is 5.10 Å². The molecule has 1 amide bonds. The molecular weight excluding hydrogens is 344 g/mol. The number of imidazole rings is 1. The minimum atomic E-state index is -0.399. The lowest BCUT2D eigenvalue weighted by Gasteiger charge is -2.08. The number of hydrogen-bond donors (Lipinski definition) is 3. The summed E-state index contributed by atoms with van der Waals surface area (Å²) in [7, 11) is 1.90. The van der Waals surface area contributed by atoms with Gasteiger partial charge in [0, 0.05) is 25.1 Å². The van der Waals surface area contributed by atoms with Crippen LogP contribution in [-0.2, 0) is 18.4 Å². The molecule has 0 atom stereocenters. The van der Waals surface area contributed by atoms with Crippen LogP contribution in [0.5, 0.6) is 5.75 Å². The van der Waals surface area contributed by atoms with E-state index in [-0.39, 0.29) is 11.7 Å². The molecule has 3 N–H and O–H groups in total. The summed E-state index contributed by atoms with van der Waals surface area (Å²) in [4.78, 5) is 29.4. The van der Waals surface area contributed by atoms with Crippen molar-refractivity contribution in [2.75, 3.05) is 11.1 Å². The van der Waals surface area contributed by atoms with E-state index in [0.717, 1.165) is 17.6 Å². The lowest BCUT2D eigenvalue weighted by atomic mass is 10.3. The van der Waals surface area contributed by atoms with Crippen LogP contribution in [0.3, 0.4) is 0 Å². The van der Waals surface area contributed by atoms with E-state index in [0.29, 0.717) is 23.2 Å². The number of aryl methyl sites for hydroxylation is 1. The maximum absolute atomic E-state index is 11.9. The molecular formula is C15H16N6O3S. The van der Waals surface area contributed by atoms with Crippen LogP contribution >= 0.6 is 11.8 Å². The van der Waals surface area contributed by atoms with E-state index in [9.17, 15) is 9.59 Å². The third kappa shape index (κ3) is 4.73. The second kappa shape index (κ2) is 7.71. The van der Waals surface area contributed by atoms with Crippen molar-refractivity contribution in [3.05, 3.63) is 53.0 Å². The summed E-state index contributed by atoms with van der Waals surface area (Å²) in [6.45, 7) is 0.369. The molecule has 0 bridgehead atoms. The van der Waals surface area contributed by atoms with Gasteiger partial charge in [0.05, 0.1) is 5.75 Å². The highest BCUT2D eigenvalue weighted by atomic mass is 32.2. The molecule has 0 spiro atoms. The number of aromatic nitrogens is 5. The fourth-order valence-corrected chi connectivity index (χ4v) is 2.59. The first-order chi connectivity index (χ1) is 12.1. The summed E-state index contributed by atoms with van der Waals surface area (Å²) < 4.78 is 7.54. The van der Waals surface area contributed by atoms with Crippen molar-refractivity contribution in [2.45, 2.75) is 11.8 Å². The van der Waals surface area contributed by atoms with Gasteiger partial charge in [0.25, 0.3) is 0 Å². The number of anilines is 1. The average Bonchev–Trinajstić information content (AvgIpc) is 3.20. The van der Waals surface area contributed by atoms with Gasteiger partial charge in [-0.2, -0.15) is 0 Å². The molecule has 2 aromatic heterocycles. The molecule has 10 heteroatoms. The van der Waals surface area contributed by atoms with Gasteiger partial charge in [-0.05, 0) is 24.3 Å².